The summed E-state index contributed by atoms with van der Waals surface area (Å²) < 4.78 is 2.02. The minimum absolute atomic E-state index is 0.0392. The van der Waals surface area contributed by atoms with Crippen LogP contribution in [0, 0.1) is 0 Å². The fraction of sp³-hybridized carbons (Fsp3) is 0.353. The summed E-state index contributed by atoms with van der Waals surface area (Å²) in [5, 5.41) is 8.89. The number of rotatable bonds is 6. The molecule has 3 aromatic rings. The van der Waals surface area contributed by atoms with Gasteiger partial charge in [0.2, 0.25) is 0 Å². The van der Waals surface area contributed by atoms with Crippen LogP contribution < -0.4 is 9.80 Å². The fourth-order valence-corrected chi connectivity index (χ4v) is 9.41. The van der Waals surface area contributed by atoms with E-state index in [0.29, 0.717) is 6.04 Å². The van der Waals surface area contributed by atoms with E-state index in [0.717, 1.165) is 21.5 Å². The molecule has 2 aromatic carbocycles. The lowest BCUT2D eigenvalue weighted by molar-refractivity contribution is 0.487. The van der Waals surface area contributed by atoms with Crippen LogP contribution in [-0.4, -0.2) is 36.6 Å². The molecular formula is C34H38N4S3. The quantitative estimate of drug-likeness (QED) is 0.263. The van der Waals surface area contributed by atoms with Crippen molar-refractivity contribution in [1.29, 1.82) is 0 Å². The molecule has 212 valence electrons. The van der Waals surface area contributed by atoms with Crippen LogP contribution in [0.25, 0.3) is 0 Å². The maximum absolute atomic E-state index is 4.51. The van der Waals surface area contributed by atoms with Gasteiger partial charge in [-0.25, -0.2) is 0 Å². The first kappa shape index (κ1) is 28.4. The number of thioether (sulfide) groups is 2. The zero-order chi connectivity index (χ0) is 28.9. The van der Waals surface area contributed by atoms with Crippen LogP contribution >= 0.6 is 34.9 Å². The number of anilines is 2. The number of aromatic nitrogens is 2. The van der Waals surface area contributed by atoms with Crippen molar-refractivity contribution in [3.63, 3.8) is 0 Å². The van der Waals surface area contributed by atoms with E-state index in [2.05, 4.69) is 141 Å². The summed E-state index contributed by atoms with van der Waals surface area (Å²) >= 11 is 5.12. The predicted molar refractivity (Wildman–Crippen MR) is 179 cm³/mol. The molecule has 41 heavy (non-hydrogen) atoms. The molecule has 2 aliphatic heterocycles. The van der Waals surface area contributed by atoms with Gasteiger partial charge in [0.15, 0.2) is 8.68 Å². The average Bonchev–Trinajstić information content (AvgIpc) is 3.67. The van der Waals surface area contributed by atoms with E-state index in [1.807, 2.05) is 0 Å². The van der Waals surface area contributed by atoms with Gasteiger partial charge in [-0.15, -0.1) is 10.2 Å². The van der Waals surface area contributed by atoms with E-state index in [-0.39, 0.29) is 10.8 Å². The number of para-hydroxylation sites is 2. The molecule has 1 aromatic heterocycles. The van der Waals surface area contributed by atoms with Crippen molar-refractivity contribution in [2.24, 2.45) is 0 Å². The summed E-state index contributed by atoms with van der Waals surface area (Å²) in [5.41, 5.74) is 9.53. The van der Waals surface area contributed by atoms with E-state index in [1.54, 1.807) is 34.9 Å². The van der Waals surface area contributed by atoms with Crippen LogP contribution in [0.15, 0.2) is 103 Å². The number of hydrogen-bond donors (Lipinski definition) is 0. The molecule has 0 spiro atoms. The molecule has 4 nitrogen and oxygen atoms in total. The molecule has 0 radical (unpaired) electrons. The van der Waals surface area contributed by atoms with Gasteiger partial charge in [-0.2, -0.15) is 0 Å². The summed E-state index contributed by atoms with van der Waals surface area (Å²) in [4.78, 5) is 6.11. The zero-order valence-corrected chi connectivity index (χ0v) is 27.4. The number of likely N-dealkylation sites (N-methyl/N-ethyl adjacent to an activating group) is 2. The lowest BCUT2D eigenvalue weighted by Gasteiger charge is -2.29. The monoisotopic (exact) mass is 598 g/mol. The van der Waals surface area contributed by atoms with E-state index in [4.69, 9.17) is 0 Å². The number of nitrogens with zero attached hydrogens (tertiary/aromatic N) is 4. The molecule has 6 rings (SSSR count). The summed E-state index contributed by atoms with van der Waals surface area (Å²) in [6.45, 7) is 9.39. The van der Waals surface area contributed by atoms with E-state index >= 15 is 0 Å². The molecule has 0 fully saturated rings. The molecule has 7 heteroatoms. The Hall–Kier alpha value is -2.74. The smallest absolute Gasteiger partial charge is 0.179 e. The predicted octanol–water partition coefficient (Wildman–Crippen LogP) is 8.99. The Bertz CT molecular complexity index is 1610. The Morgan fingerprint density at radius 1 is 0.878 bits per heavy atom. The van der Waals surface area contributed by atoms with Gasteiger partial charge in [-0.3, -0.25) is 0 Å². The van der Waals surface area contributed by atoms with Crippen LogP contribution in [0.5, 0.6) is 0 Å². The molecule has 3 heterocycles. The Kier molecular flexibility index (Phi) is 7.50. The highest BCUT2D eigenvalue weighted by atomic mass is 32.2. The van der Waals surface area contributed by atoms with Crippen molar-refractivity contribution >= 4 is 46.2 Å². The third-order valence-corrected chi connectivity index (χ3v) is 12.2. The lowest BCUT2D eigenvalue weighted by atomic mass is 9.80. The van der Waals surface area contributed by atoms with Gasteiger partial charge in [0.1, 0.15) is 0 Å². The standard InChI is InChI=1S/C34H38N4S3/c1-33(2)24-12-8-10-14-26(24)37(5)28(33)20-18-22-16-17-23(30(22)40-32-36-35-31(39-7)41-32)19-21-29-34(3,4)25-13-9-11-15-27(25)38(29)6/h8-15,18-21,28H,16-17H2,1-7H3. The summed E-state index contributed by atoms with van der Waals surface area (Å²) in [7, 11) is 4.41. The summed E-state index contributed by atoms with van der Waals surface area (Å²) in [6.07, 6.45) is 13.6. The van der Waals surface area contributed by atoms with Crippen LogP contribution in [0.4, 0.5) is 11.4 Å². The first-order valence-electron chi connectivity index (χ1n) is 14.2. The average molecular weight is 599 g/mol. The molecule has 0 N–H and O–H groups in total. The van der Waals surface area contributed by atoms with E-state index in [1.165, 1.54) is 44.3 Å². The highest BCUT2D eigenvalue weighted by Crippen LogP contribution is 2.49. The van der Waals surface area contributed by atoms with Gasteiger partial charge in [0.25, 0.3) is 0 Å². The number of allylic oxidation sites excluding steroid dienone is 6. The highest BCUT2D eigenvalue weighted by Gasteiger charge is 2.41. The molecule has 1 aliphatic carbocycles. The maximum Gasteiger partial charge on any atom is 0.179 e. The van der Waals surface area contributed by atoms with Crippen molar-refractivity contribution in [2.45, 2.75) is 66.1 Å². The molecule has 1 atom stereocenters. The van der Waals surface area contributed by atoms with Crippen LogP contribution in [0.2, 0.25) is 0 Å². The zero-order valence-electron chi connectivity index (χ0n) is 24.9. The highest BCUT2D eigenvalue weighted by molar-refractivity contribution is 8.05. The molecular weight excluding hydrogens is 561 g/mol. The van der Waals surface area contributed by atoms with Crippen molar-refractivity contribution in [3.05, 3.63) is 106 Å². The van der Waals surface area contributed by atoms with E-state index < -0.39 is 0 Å². The van der Waals surface area contributed by atoms with Crippen LogP contribution in [-0.2, 0) is 10.8 Å². The van der Waals surface area contributed by atoms with Crippen molar-refractivity contribution < 1.29 is 0 Å². The van der Waals surface area contributed by atoms with Crippen molar-refractivity contribution in [3.8, 4) is 0 Å². The maximum atomic E-state index is 4.51. The fourth-order valence-electron chi connectivity index (χ4n) is 6.74. The topological polar surface area (TPSA) is 32.3 Å². The third kappa shape index (κ3) is 4.90. The second-order valence-electron chi connectivity index (χ2n) is 12.1. The number of benzene rings is 2. The largest absolute Gasteiger partial charge is 0.367 e. The Morgan fingerprint density at radius 3 is 2.24 bits per heavy atom. The first-order valence-corrected chi connectivity index (χ1v) is 17.0. The van der Waals surface area contributed by atoms with Gasteiger partial charge < -0.3 is 9.80 Å². The SMILES string of the molecule is CSc1nnc(SC2=C(C=CC3N(C)c4ccccc4C3(C)C)CCC2=CC=C2N(C)c3ccccc3C2(C)C)s1. The minimum atomic E-state index is -0.0408. The lowest BCUT2D eigenvalue weighted by Crippen LogP contribution is -2.37. The molecule has 0 saturated carbocycles. The third-order valence-electron chi connectivity index (χ3n) is 9.00. The molecule has 0 amide bonds. The van der Waals surface area contributed by atoms with Gasteiger partial charge in [0.05, 0.1) is 6.04 Å². The minimum Gasteiger partial charge on any atom is -0.367 e. The van der Waals surface area contributed by atoms with Gasteiger partial charge in [0, 0.05) is 46.9 Å². The molecule has 0 bridgehead atoms. The van der Waals surface area contributed by atoms with Crippen molar-refractivity contribution in [1.82, 2.24) is 10.2 Å². The van der Waals surface area contributed by atoms with Crippen LogP contribution in [0.3, 0.4) is 0 Å². The van der Waals surface area contributed by atoms with Crippen molar-refractivity contribution in [2.75, 3.05) is 30.2 Å². The van der Waals surface area contributed by atoms with Crippen LogP contribution in [0.1, 0.15) is 51.7 Å². The number of fused-ring (bicyclic) bond motifs is 2. The molecule has 0 saturated heterocycles. The van der Waals surface area contributed by atoms with Gasteiger partial charge in [-0.05, 0) is 59.6 Å². The first-order chi connectivity index (χ1) is 19.6. The Labute approximate surface area is 257 Å². The Morgan fingerprint density at radius 2 is 1.56 bits per heavy atom. The Balaban J connectivity index is 1.36. The second-order valence-corrected chi connectivity index (χ2v) is 15.4. The van der Waals surface area contributed by atoms with E-state index in [9.17, 15) is 0 Å². The van der Waals surface area contributed by atoms with Gasteiger partial charge in [-0.1, -0.05) is 117 Å². The van der Waals surface area contributed by atoms with Gasteiger partial charge >= 0.3 is 0 Å². The molecule has 1 unspecified atom stereocenters. The number of hydrogen-bond acceptors (Lipinski definition) is 7. The summed E-state index contributed by atoms with van der Waals surface area (Å²) in [5.74, 6) is 0. The summed E-state index contributed by atoms with van der Waals surface area (Å²) in [6, 6.07) is 17.9. The normalized spacial score (nSPS) is 23.0. The molecule has 3 aliphatic rings. The second kappa shape index (κ2) is 10.8.